The van der Waals surface area contributed by atoms with E-state index in [0.717, 1.165) is 26.8 Å². The van der Waals surface area contributed by atoms with Crippen LogP contribution >= 0.6 is 15.9 Å². The maximum Gasteiger partial charge on any atom is 0.271 e. The highest BCUT2D eigenvalue weighted by Gasteiger charge is 2.06. The van der Waals surface area contributed by atoms with E-state index in [1.165, 1.54) is 0 Å². The molecular weight excluding hydrogens is 342 g/mol. The number of rotatable bonds is 3. The van der Waals surface area contributed by atoms with Gasteiger partial charge in [0.05, 0.1) is 11.4 Å². The van der Waals surface area contributed by atoms with E-state index in [0.29, 0.717) is 5.56 Å². The molecule has 0 atom stereocenters. The third-order valence-corrected chi connectivity index (χ3v) is 3.82. The topological polar surface area (TPSA) is 57.2 Å². The highest BCUT2D eigenvalue weighted by Crippen LogP contribution is 2.15. The van der Waals surface area contributed by atoms with Gasteiger partial charge in [-0.05, 0) is 37.3 Å². The first-order chi connectivity index (χ1) is 10.6. The molecule has 0 spiro atoms. The van der Waals surface area contributed by atoms with E-state index in [-0.39, 0.29) is 5.91 Å². The number of carbonyl (C=O) groups excluding carboxylic acids is 1. The Bertz CT molecular complexity index is 834. The number of hydrogen-bond acceptors (Lipinski definition) is 2. The quantitative estimate of drug-likeness (QED) is 0.539. The molecule has 0 aliphatic rings. The van der Waals surface area contributed by atoms with Crippen LogP contribution in [0.25, 0.3) is 10.9 Å². The number of fused-ring (bicyclic) bond motifs is 1. The maximum atomic E-state index is 12.1. The fraction of sp³-hybridized carbons (Fsp3) is 0.0588. The van der Waals surface area contributed by atoms with Gasteiger partial charge in [-0.2, -0.15) is 5.10 Å². The molecule has 2 aromatic carbocycles. The molecule has 2 N–H and O–H groups in total. The first kappa shape index (κ1) is 14.5. The number of nitrogens with zero attached hydrogens (tertiary/aromatic N) is 1. The van der Waals surface area contributed by atoms with Crippen molar-refractivity contribution in [1.82, 2.24) is 10.4 Å². The van der Waals surface area contributed by atoms with E-state index in [1.54, 1.807) is 12.1 Å². The molecule has 5 heteroatoms. The highest BCUT2D eigenvalue weighted by molar-refractivity contribution is 9.10. The Morgan fingerprint density at radius 3 is 2.73 bits per heavy atom. The van der Waals surface area contributed by atoms with Crippen LogP contribution in [-0.2, 0) is 0 Å². The second-order valence-corrected chi connectivity index (χ2v) is 5.83. The number of aromatic nitrogens is 1. The number of nitrogens with one attached hydrogen (secondary N) is 2. The summed E-state index contributed by atoms with van der Waals surface area (Å²) in [6, 6.07) is 17.2. The first-order valence-corrected chi connectivity index (χ1v) is 7.61. The van der Waals surface area contributed by atoms with Crippen LogP contribution in [0.3, 0.4) is 0 Å². The van der Waals surface area contributed by atoms with Gasteiger partial charge < -0.3 is 4.98 Å². The zero-order valence-corrected chi connectivity index (χ0v) is 13.5. The number of aromatic amines is 1. The molecular formula is C17H14BrN3O. The van der Waals surface area contributed by atoms with E-state index in [2.05, 4.69) is 31.4 Å². The zero-order chi connectivity index (χ0) is 15.5. The first-order valence-electron chi connectivity index (χ1n) is 6.82. The summed E-state index contributed by atoms with van der Waals surface area (Å²) < 4.78 is 0.858. The largest absolute Gasteiger partial charge is 0.353 e. The van der Waals surface area contributed by atoms with Crippen LogP contribution in [0.4, 0.5) is 0 Å². The number of para-hydroxylation sites is 1. The van der Waals surface area contributed by atoms with Crippen LogP contribution in [-0.4, -0.2) is 16.6 Å². The van der Waals surface area contributed by atoms with Crippen LogP contribution in [0.1, 0.15) is 23.0 Å². The number of amides is 1. The molecule has 1 amide bonds. The predicted molar refractivity (Wildman–Crippen MR) is 92.1 cm³/mol. The normalized spacial score (nSPS) is 11.6. The molecule has 0 radical (unpaired) electrons. The number of benzene rings is 2. The minimum absolute atomic E-state index is 0.239. The van der Waals surface area contributed by atoms with E-state index < -0.39 is 0 Å². The van der Waals surface area contributed by atoms with Crippen molar-refractivity contribution in [3.8, 4) is 0 Å². The molecule has 22 heavy (non-hydrogen) atoms. The monoisotopic (exact) mass is 355 g/mol. The van der Waals surface area contributed by atoms with Crippen molar-refractivity contribution in [3.05, 3.63) is 70.3 Å². The molecule has 1 heterocycles. The average Bonchev–Trinajstić information content (AvgIpc) is 2.96. The number of carbonyl (C=O) groups is 1. The van der Waals surface area contributed by atoms with Crippen LogP contribution in [0.5, 0.6) is 0 Å². The standard InChI is InChI=1S/C17H14BrN3O/c1-11(16-10-12-5-2-3-8-15(12)19-16)20-21-17(22)13-6-4-7-14(18)9-13/h2-10,19H,1H3,(H,21,22)/b20-11+. The summed E-state index contributed by atoms with van der Waals surface area (Å²) in [5.74, 6) is -0.239. The van der Waals surface area contributed by atoms with Gasteiger partial charge in [0.15, 0.2) is 0 Å². The summed E-state index contributed by atoms with van der Waals surface area (Å²) in [6.07, 6.45) is 0. The van der Waals surface area contributed by atoms with Crippen molar-refractivity contribution < 1.29 is 4.79 Å². The number of hydrazone groups is 1. The molecule has 1 aromatic heterocycles. The van der Waals surface area contributed by atoms with Crippen molar-refractivity contribution in [2.45, 2.75) is 6.92 Å². The molecule has 3 rings (SSSR count). The van der Waals surface area contributed by atoms with Gasteiger partial charge >= 0.3 is 0 Å². The maximum absolute atomic E-state index is 12.1. The van der Waals surface area contributed by atoms with Gasteiger partial charge in [-0.3, -0.25) is 4.79 Å². The SMILES string of the molecule is C/C(=N\NC(=O)c1cccc(Br)c1)c1cc2ccccc2[nH]1. The molecule has 0 aliphatic heterocycles. The zero-order valence-electron chi connectivity index (χ0n) is 11.9. The fourth-order valence-electron chi connectivity index (χ4n) is 2.16. The van der Waals surface area contributed by atoms with Gasteiger partial charge in [0.1, 0.15) is 0 Å². The molecule has 110 valence electrons. The Morgan fingerprint density at radius 2 is 1.95 bits per heavy atom. The summed E-state index contributed by atoms with van der Waals surface area (Å²) in [5, 5.41) is 5.28. The van der Waals surface area contributed by atoms with Gasteiger partial charge in [0, 0.05) is 20.9 Å². The van der Waals surface area contributed by atoms with E-state index >= 15 is 0 Å². The van der Waals surface area contributed by atoms with Crippen LogP contribution in [0.2, 0.25) is 0 Å². The molecule has 0 aliphatic carbocycles. The van der Waals surface area contributed by atoms with Crippen molar-refractivity contribution >= 4 is 38.5 Å². The summed E-state index contributed by atoms with van der Waals surface area (Å²) in [7, 11) is 0. The van der Waals surface area contributed by atoms with Gasteiger partial charge in [0.2, 0.25) is 0 Å². The second-order valence-electron chi connectivity index (χ2n) is 4.92. The van der Waals surface area contributed by atoms with E-state index in [1.807, 2.05) is 49.4 Å². The van der Waals surface area contributed by atoms with Crippen molar-refractivity contribution in [2.24, 2.45) is 5.10 Å². The Labute approximate surface area is 136 Å². The summed E-state index contributed by atoms with van der Waals surface area (Å²) in [6.45, 7) is 1.85. The minimum atomic E-state index is -0.239. The van der Waals surface area contributed by atoms with Crippen molar-refractivity contribution in [1.29, 1.82) is 0 Å². The fourth-order valence-corrected chi connectivity index (χ4v) is 2.56. The van der Waals surface area contributed by atoms with Crippen molar-refractivity contribution in [2.75, 3.05) is 0 Å². The van der Waals surface area contributed by atoms with Gasteiger partial charge in [-0.15, -0.1) is 0 Å². The highest BCUT2D eigenvalue weighted by atomic mass is 79.9. The van der Waals surface area contributed by atoms with Gasteiger partial charge in [0.25, 0.3) is 5.91 Å². The summed E-state index contributed by atoms with van der Waals surface area (Å²) in [5.41, 5.74) is 5.79. The molecule has 0 saturated carbocycles. The number of halogens is 1. The summed E-state index contributed by atoms with van der Waals surface area (Å²) >= 11 is 3.35. The molecule has 4 nitrogen and oxygen atoms in total. The van der Waals surface area contributed by atoms with Crippen LogP contribution in [0, 0.1) is 0 Å². The Kier molecular flexibility index (Phi) is 4.06. The Morgan fingerprint density at radius 1 is 1.14 bits per heavy atom. The van der Waals surface area contributed by atoms with Gasteiger partial charge in [-0.25, -0.2) is 5.43 Å². The van der Waals surface area contributed by atoms with Crippen molar-refractivity contribution in [3.63, 3.8) is 0 Å². The molecule has 3 aromatic rings. The molecule has 0 unspecified atom stereocenters. The predicted octanol–water partition coefficient (Wildman–Crippen LogP) is 4.08. The molecule has 0 saturated heterocycles. The lowest BCUT2D eigenvalue weighted by atomic mass is 10.2. The minimum Gasteiger partial charge on any atom is -0.353 e. The number of H-pyrrole nitrogens is 1. The van der Waals surface area contributed by atoms with Gasteiger partial charge in [-0.1, -0.05) is 40.2 Å². The smallest absolute Gasteiger partial charge is 0.271 e. The third kappa shape index (κ3) is 3.09. The Balaban J connectivity index is 1.78. The Hall–Kier alpha value is -2.40. The average molecular weight is 356 g/mol. The van der Waals surface area contributed by atoms with Crippen LogP contribution < -0.4 is 5.43 Å². The summed E-state index contributed by atoms with van der Waals surface area (Å²) in [4.78, 5) is 15.3. The third-order valence-electron chi connectivity index (χ3n) is 3.33. The lowest BCUT2D eigenvalue weighted by Crippen LogP contribution is -2.19. The second kappa shape index (κ2) is 6.15. The lowest BCUT2D eigenvalue weighted by molar-refractivity contribution is 0.0955. The van der Waals surface area contributed by atoms with E-state index in [9.17, 15) is 4.79 Å². The van der Waals surface area contributed by atoms with Crippen LogP contribution in [0.15, 0.2) is 64.2 Å². The molecule has 0 bridgehead atoms. The van der Waals surface area contributed by atoms with E-state index in [4.69, 9.17) is 0 Å². The lowest BCUT2D eigenvalue weighted by Gasteiger charge is -2.02. The molecule has 0 fully saturated rings. The number of hydrogen-bond donors (Lipinski definition) is 2.